The van der Waals surface area contributed by atoms with Crippen LogP contribution in [0.15, 0.2) is 18.2 Å². The number of nitriles is 1. The van der Waals surface area contributed by atoms with Gasteiger partial charge in [-0.15, -0.1) is 0 Å². The standard InChI is InChI=1S/C11H9ClFNO/c1-2-7(6-14)11(15)9-5-8(12)3-4-10(9)13/h3-5,7H,2H2,1H3. The summed E-state index contributed by atoms with van der Waals surface area (Å²) in [7, 11) is 0. The second-order valence-electron chi connectivity index (χ2n) is 3.08. The van der Waals surface area contributed by atoms with Gasteiger partial charge in [-0.3, -0.25) is 4.79 Å². The monoisotopic (exact) mass is 225 g/mol. The highest BCUT2D eigenvalue weighted by Crippen LogP contribution is 2.19. The molecule has 0 N–H and O–H groups in total. The molecule has 0 saturated heterocycles. The number of halogens is 2. The van der Waals surface area contributed by atoms with Crippen molar-refractivity contribution in [1.82, 2.24) is 0 Å². The Balaban J connectivity index is 3.11. The number of rotatable bonds is 3. The average Bonchev–Trinajstić information content (AvgIpc) is 2.23. The van der Waals surface area contributed by atoms with E-state index in [4.69, 9.17) is 16.9 Å². The van der Waals surface area contributed by atoms with Gasteiger partial charge in [-0.2, -0.15) is 5.26 Å². The average molecular weight is 226 g/mol. The van der Waals surface area contributed by atoms with E-state index in [0.717, 1.165) is 6.07 Å². The van der Waals surface area contributed by atoms with E-state index in [1.165, 1.54) is 12.1 Å². The van der Waals surface area contributed by atoms with Crippen molar-refractivity contribution in [3.05, 3.63) is 34.6 Å². The Hall–Kier alpha value is -1.40. The Morgan fingerprint density at radius 3 is 2.87 bits per heavy atom. The first-order chi connectivity index (χ1) is 7.10. The van der Waals surface area contributed by atoms with Crippen LogP contribution in [0.2, 0.25) is 5.02 Å². The Bertz CT molecular complexity index is 425. The van der Waals surface area contributed by atoms with E-state index in [2.05, 4.69) is 0 Å². The summed E-state index contributed by atoms with van der Waals surface area (Å²) in [5.41, 5.74) is -0.115. The Kier molecular flexibility index (Phi) is 3.81. The molecule has 0 aliphatic carbocycles. The lowest BCUT2D eigenvalue weighted by atomic mass is 9.96. The number of carbonyl (C=O) groups excluding carboxylic acids is 1. The quantitative estimate of drug-likeness (QED) is 0.741. The van der Waals surface area contributed by atoms with E-state index in [-0.39, 0.29) is 10.6 Å². The van der Waals surface area contributed by atoms with Crippen molar-refractivity contribution in [1.29, 1.82) is 5.26 Å². The number of ketones is 1. The molecule has 0 aliphatic heterocycles. The van der Waals surface area contributed by atoms with Crippen molar-refractivity contribution in [2.24, 2.45) is 5.92 Å². The van der Waals surface area contributed by atoms with Gasteiger partial charge in [-0.25, -0.2) is 4.39 Å². The normalized spacial score (nSPS) is 11.9. The molecule has 0 amide bonds. The molecule has 0 heterocycles. The molecule has 4 heteroatoms. The molecule has 1 unspecified atom stereocenters. The van der Waals surface area contributed by atoms with Crippen LogP contribution in [-0.2, 0) is 0 Å². The Labute approximate surface area is 92.3 Å². The van der Waals surface area contributed by atoms with Gasteiger partial charge in [0, 0.05) is 5.02 Å². The van der Waals surface area contributed by atoms with Gasteiger partial charge >= 0.3 is 0 Å². The van der Waals surface area contributed by atoms with Gasteiger partial charge < -0.3 is 0 Å². The Morgan fingerprint density at radius 1 is 1.67 bits per heavy atom. The molecule has 0 bridgehead atoms. The van der Waals surface area contributed by atoms with Crippen LogP contribution < -0.4 is 0 Å². The first-order valence-corrected chi connectivity index (χ1v) is 4.86. The van der Waals surface area contributed by atoms with E-state index in [1.54, 1.807) is 6.92 Å². The topological polar surface area (TPSA) is 40.9 Å². The van der Waals surface area contributed by atoms with E-state index in [9.17, 15) is 9.18 Å². The lowest BCUT2D eigenvalue weighted by Crippen LogP contribution is -2.13. The highest BCUT2D eigenvalue weighted by atomic mass is 35.5. The lowest BCUT2D eigenvalue weighted by molar-refractivity contribution is 0.0942. The highest BCUT2D eigenvalue weighted by molar-refractivity contribution is 6.31. The smallest absolute Gasteiger partial charge is 0.182 e. The van der Waals surface area contributed by atoms with Crippen molar-refractivity contribution in [3.63, 3.8) is 0 Å². The molecule has 0 aliphatic rings. The largest absolute Gasteiger partial charge is 0.293 e. The number of Topliss-reactive ketones (excluding diaryl/α,β-unsaturated/α-hetero) is 1. The van der Waals surface area contributed by atoms with Gasteiger partial charge in [-0.05, 0) is 24.6 Å². The predicted molar refractivity (Wildman–Crippen MR) is 55.1 cm³/mol. The number of benzene rings is 1. The van der Waals surface area contributed by atoms with Crippen LogP contribution >= 0.6 is 11.6 Å². The molecule has 2 nitrogen and oxygen atoms in total. The second kappa shape index (κ2) is 4.90. The minimum Gasteiger partial charge on any atom is -0.293 e. The van der Waals surface area contributed by atoms with Crippen LogP contribution in [-0.4, -0.2) is 5.78 Å². The first kappa shape index (κ1) is 11.7. The second-order valence-corrected chi connectivity index (χ2v) is 3.51. The summed E-state index contributed by atoms with van der Waals surface area (Å²) in [6.07, 6.45) is 0.362. The van der Waals surface area contributed by atoms with E-state index >= 15 is 0 Å². The zero-order valence-electron chi connectivity index (χ0n) is 8.13. The molecular weight excluding hydrogens is 217 g/mol. The van der Waals surface area contributed by atoms with E-state index in [0.29, 0.717) is 6.42 Å². The molecule has 78 valence electrons. The molecule has 0 aromatic heterocycles. The fourth-order valence-electron chi connectivity index (χ4n) is 1.21. The van der Waals surface area contributed by atoms with Crippen molar-refractivity contribution in [3.8, 4) is 6.07 Å². The summed E-state index contributed by atoms with van der Waals surface area (Å²) in [4.78, 5) is 11.7. The molecule has 0 radical (unpaired) electrons. The van der Waals surface area contributed by atoms with Crippen LogP contribution in [0.5, 0.6) is 0 Å². The molecule has 1 aromatic rings. The molecule has 0 fully saturated rings. The van der Waals surface area contributed by atoms with Crippen LogP contribution in [0.1, 0.15) is 23.7 Å². The van der Waals surface area contributed by atoms with Crippen LogP contribution in [0, 0.1) is 23.1 Å². The Morgan fingerprint density at radius 2 is 2.33 bits per heavy atom. The minimum atomic E-state index is -0.807. The third-order valence-corrected chi connectivity index (χ3v) is 2.31. The number of nitrogens with zero attached hydrogens (tertiary/aromatic N) is 1. The van der Waals surface area contributed by atoms with E-state index in [1.807, 2.05) is 6.07 Å². The molecule has 0 saturated carbocycles. The molecule has 15 heavy (non-hydrogen) atoms. The maximum Gasteiger partial charge on any atom is 0.182 e. The maximum atomic E-state index is 13.3. The van der Waals surface area contributed by atoms with E-state index < -0.39 is 17.5 Å². The molecular formula is C11H9ClFNO. The molecule has 1 rings (SSSR count). The summed E-state index contributed by atoms with van der Waals surface area (Å²) in [6.45, 7) is 1.70. The van der Waals surface area contributed by atoms with Gasteiger partial charge in [0.15, 0.2) is 5.78 Å². The highest BCUT2D eigenvalue weighted by Gasteiger charge is 2.20. The number of hydrogen-bond donors (Lipinski definition) is 0. The summed E-state index contributed by atoms with van der Waals surface area (Å²) in [5, 5.41) is 8.98. The fraction of sp³-hybridized carbons (Fsp3) is 0.273. The number of carbonyl (C=O) groups is 1. The molecule has 0 spiro atoms. The van der Waals surface area contributed by atoms with Crippen molar-refractivity contribution in [2.45, 2.75) is 13.3 Å². The van der Waals surface area contributed by atoms with Gasteiger partial charge in [0.25, 0.3) is 0 Å². The van der Waals surface area contributed by atoms with Crippen LogP contribution in [0.25, 0.3) is 0 Å². The third-order valence-electron chi connectivity index (χ3n) is 2.07. The van der Waals surface area contributed by atoms with Crippen LogP contribution in [0.4, 0.5) is 4.39 Å². The third kappa shape index (κ3) is 2.54. The maximum absolute atomic E-state index is 13.3. The number of hydrogen-bond acceptors (Lipinski definition) is 2. The van der Waals surface area contributed by atoms with Gasteiger partial charge in [-0.1, -0.05) is 18.5 Å². The lowest BCUT2D eigenvalue weighted by Gasteiger charge is -2.06. The molecule has 1 atom stereocenters. The zero-order valence-corrected chi connectivity index (χ0v) is 8.88. The van der Waals surface area contributed by atoms with Crippen molar-refractivity contribution >= 4 is 17.4 Å². The summed E-state index contributed by atoms with van der Waals surface area (Å²) >= 11 is 5.65. The minimum absolute atomic E-state index is 0.115. The fourth-order valence-corrected chi connectivity index (χ4v) is 1.38. The summed E-state index contributed by atoms with van der Waals surface area (Å²) in [5.74, 6) is -1.96. The van der Waals surface area contributed by atoms with Gasteiger partial charge in [0.05, 0.1) is 11.6 Å². The molecule has 1 aromatic carbocycles. The van der Waals surface area contributed by atoms with Crippen LogP contribution in [0.3, 0.4) is 0 Å². The summed E-state index contributed by atoms with van der Waals surface area (Å²) in [6, 6.07) is 5.57. The predicted octanol–water partition coefficient (Wildman–Crippen LogP) is 3.21. The SMILES string of the molecule is CCC(C#N)C(=O)c1cc(Cl)ccc1F. The van der Waals surface area contributed by atoms with Crippen molar-refractivity contribution < 1.29 is 9.18 Å². The first-order valence-electron chi connectivity index (χ1n) is 4.49. The van der Waals surface area contributed by atoms with Crippen molar-refractivity contribution in [2.75, 3.05) is 0 Å². The summed E-state index contributed by atoms with van der Waals surface area (Å²) < 4.78 is 13.3. The van der Waals surface area contributed by atoms with Gasteiger partial charge in [0.1, 0.15) is 11.7 Å². The zero-order chi connectivity index (χ0) is 11.4. The van der Waals surface area contributed by atoms with Gasteiger partial charge in [0.2, 0.25) is 0 Å².